The minimum Gasteiger partial charge on any atom is -0.461 e. The Morgan fingerprint density at radius 2 is 1.67 bits per heavy atom. The number of rotatable bonds is 6. The molecule has 1 amide bonds. The molecule has 9 nitrogen and oxygen atoms in total. The number of benzene rings is 2. The number of hydrogen-bond donors (Lipinski definition) is 3. The van der Waals surface area contributed by atoms with Gasteiger partial charge in [0, 0.05) is 36.7 Å². The summed E-state index contributed by atoms with van der Waals surface area (Å²) in [6.45, 7) is 3.12. The molecule has 1 aromatic heterocycles. The Labute approximate surface area is 259 Å². The number of likely N-dealkylation sites (tertiary alicyclic amines) is 1. The first-order chi connectivity index (χ1) is 21.6. The summed E-state index contributed by atoms with van der Waals surface area (Å²) < 4.78 is 69.3. The molecule has 0 unspecified atom stereocenters. The molecule has 4 N–H and O–H groups in total. The van der Waals surface area contributed by atoms with Crippen molar-refractivity contribution in [2.45, 2.75) is 39.0 Å². The van der Waals surface area contributed by atoms with Gasteiger partial charge in [-0.2, -0.15) is 10.3 Å². The molecule has 0 bridgehead atoms. The first kappa shape index (κ1) is 40.1. The van der Waals surface area contributed by atoms with Crippen molar-refractivity contribution in [3.63, 3.8) is 0 Å². The first-order valence-electron chi connectivity index (χ1n) is 13.6. The Balaban J connectivity index is 0.000000590. The largest absolute Gasteiger partial charge is 0.461 e. The van der Waals surface area contributed by atoms with Crippen LogP contribution in [0.4, 0.5) is 27.6 Å². The van der Waals surface area contributed by atoms with E-state index in [9.17, 15) is 31.5 Å². The van der Waals surface area contributed by atoms with Crippen molar-refractivity contribution >= 4 is 35.2 Å². The summed E-state index contributed by atoms with van der Waals surface area (Å²) in [5.74, 6) is -8.37. The van der Waals surface area contributed by atoms with E-state index in [-0.39, 0.29) is 25.4 Å². The quantitative estimate of drug-likeness (QED) is 0.0493. The molecule has 0 radical (unpaired) electrons. The number of likely N-dealkylation sites (N-methyl/N-ethyl adjacent to an activating group) is 1. The van der Waals surface area contributed by atoms with Crippen molar-refractivity contribution in [1.29, 1.82) is 5.26 Å². The van der Waals surface area contributed by atoms with Crippen LogP contribution in [0.1, 0.15) is 37.0 Å². The molecule has 2 aromatic carbocycles. The predicted molar refractivity (Wildman–Crippen MR) is 164 cm³/mol. The number of halogens is 5. The molecule has 1 aliphatic heterocycles. The van der Waals surface area contributed by atoms with Gasteiger partial charge in [0.25, 0.3) is 0 Å². The topological polar surface area (TPSA) is 137 Å². The summed E-state index contributed by atoms with van der Waals surface area (Å²) in [6.07, 6.45) is 14.7. The second-order valence-corrected chi connectivity index (χ2v) is 8.96. The number of nitrogens with one attached hydrogen (secondary N) is 2. The normalized spacial score (nSPS) is 12.1. The maximum absolute atomic E-state index is 13.0. The maximum atomic E-state index is 13.0. The monoisotopic (exact) mass is 636 g/mol. The highest BCUT2D eigenvalue weighted by molar-refractivity contribution is 5.81. The third kappa shape index (κ3) is 13.5. The van der Waals surface area contributed by atoms with E-state index in [1.807, 2.05) is 32.2 Å². The zero-order chi connectivity index (χ0) is 34.4. The summed E-state index contributed by atoms with van der Waals surface area (Å²) in [5, 5.41) is 14.3. The molecule has 2 heterocycles. The number of aryl methyl sites for hydroxylation is 1. The van der Waals surface area contributed by atoms with Crippen LogP contribution in [0.2, 0.25) is 0 Å². The molecular weight excluding hydrogens is 599 g/mol. The number of nitrogens with zero attached hydrogens (tertiary/aromatic N) is 3. The molecule has 0 aliphatic carbocycles. The number of nitrogens with two attached hydrogens (primary N) is 1. The molecule has 0 saturated carbocycles. The van der Waals surface area contributed by atoms with Gasteiger partial charge in [0.1, 0.15) is 17.6 Å². The molecule has 14 heteroatoms. The van der Waals surface area contributed by atoms with E-state index in [2.05, 4.69) is 40.3 Å². The van der Waals surface area contributed by atoms with Crippen LogP contribution < -0.4 is 16.4 Å². The Bertz CT molecular complexity index is 1420. The molecule has 4 rings (SSSR count). The van der Waals surface area contributed by atoms with Gasteiger partial charge in [-0.15, -0.1) is 12.8 Å². The van der Waals surface area contributed by atoms with Crippen LogP contribution in [0.3, 0.4) is 0 Å². The lowest BCUT2D eigenvalue weighted by Crippen LogP contribution is -2.31. The van der Waals surface area contributed by atoms with Crippen molar-refractivity contribution in [1.82, 2.24) is 10.2 Å². The van der Waals surface area contributed by atoms with Crippen molar-refractivity contribution in [3.05, 3.63) is 64.7 Å². The van der Waals surface area contributed by atoms with Crippen molar-refractivity contribution in [2.24, 2.45) is 10.7 Å². The number of fused-ring (bicyclic) bond motifs is 1. The fraction of sp³-hybridized carbons (Fsp3) is 0.355. The van der Waals surface area contributed by atoms with Crippen LogP contribution in [0, 0.1) is 60.3 Å². The van der Waals surface area contributed by atoms with Gasteiger partial charge in [-0.3, -0.25) is 4.79 Å². The van der Waals surface area contributed by atoms with Gasteiger partial charge in [0.05, 0.1) is 12.9 Å². The molecule has 0 atom stereocenters. The van der Waals surface area contributed by atoms with Gasteiger partial charge >= 0.3 is 0 Å². The minimum absolute atomic E-state index is 0.123. The second kappa shape index (κ2) is 22.6. The SMILES string of the molecule is C#C.CNCCc1c(F)c(F)c(F)c(F)c1F.CNc1ccc2oc(C)cc2c1.N#CN=CN.O=CCN1CCCCCC1=O. The van der Waals surface area contributed by atoms with Gasteiger partial charge in [0.2, 0.25) is 17.9 Å². The highest BCUT2D eigenvalue weighted by Gasteiger charge is 2.24. The highest BCUT2D eigenvalue weighted by Crippen LogP contribution is 2.23. The maximum Gasteiger partial charge on any atom is 0.222 e. The van der Waals surface area contributed by atoms with Crippen LogP contribution in [0.15, 0.2) is 33.7 Å². The lowest BCUT2D eigenvalue weighted by atomic mass is 10.1. The predicted octanol–water partition coefficient (Wildman–Crippen LogP) is 5.22. The van der Waals surface area contributed by atoms with Crippen molar-refractivity contribution in [2.75, 3.05) is 39.0 Å². The van der Waals surface area contributed by atoms with E-state index in [0.29, 0.717) is 6.42 Å². The number of anilines is 1. The Morgan fingerprint density at radius 1 is 1.04 bits per heavy atom. The van der Waals surface area contributed by atoms with Crippen LogP contribution in [0.5, 0.6) is 0 Å². The van der Waals surface area contributed by atoms with Crippen LogP contribution >= 0.6 is 0 Å². The molecule has 45 heavy (non-hydrogen) atoms. The van der Waals surface area contributed by atoms with E-state index in [1.165, 1.54) is 13.2 Å². The van der Waals surface area contributed by atoms with E-state index < -0.39 is 34.6 Å². The van der Waals surface area contributed by atoms with Crippen LogP contribution in [-0.4, -0.2) is 57.2 Å². The number of hydrogen-bond acceptors (Lipinski definition) is 7. The van der Waals surface area contributed by atoms with E-state index in [4.69, 9.17) is 9.68 Å². The number of aliphatic imine (C=N–C) groups is 1. The third-order valence-electron chi connectivity index (χ3n) is 5.95. The van der Waals surface area contributed by atoms with Gasteiger partial charge in [0.15, 0.2) is 23.3 Å². The third-order valence-corrected chi connectivity index (χ3v) is 5.95. The summed E-state index contributed by atoms with van der Waals surface area (Å²) in [4.78, 5) is 25.9. The minimum atomic E-state index is -2.13. The van der Waals surface area contributed by atoms with Crippen molar-refractivity contribution < 1.29 is 36.0 Å². The second-order valence-electron chi connectivity index (χ2n) is 8.96. The first-order valence-corrected chi connectivity index (χ1v) is 13.6. The summed E-state index contributed by atoms with van der Waals surface area (Å²) in [6, 6.07) is 8.10. The standard InChI is InChI=1S/C10H11NO.C9H8F5N.C8H13NO2.C2H3N3.C2H2/c1-7-5-8-6-9(11-2)3-4-10(8)12-7;1-15-3-2-4-5(10)7(12)9(14)8(13)6(4)11;10-7-6-9-5-3-1-2-4-8(9)11;3-1-5-2-4;1-2/h3-6,11H,1-2H3;15H,2-3H2,1H3;7H,1-6H2;1H,(H2,3,5);1-2H. The van der Waals surface area contributed by atoms with E-state index >= 15 is 0 Å². The van der Waals surface area contributed by atoms with Crippen LogP contribution in [0.25, 0.3) is 11.0 Å². The van der Waals surface area contributed by atoms with Gasteiger partial charge < -0.3 is 30.5 Å². The number of carbonyl (C=O) groups excluding carboxylic acids is 2. The number of nitriles is 1. The zero-order valence-corrected chi connectivity index (χ0v) is 25.3. The van der Waals surface area contributed by atoms with Crippen molar-refractivity contribution in [3.8, 4) is 19.0 Å². The van der Waals surface area contributed by atoms with Gasteiger partial charge in [-0.1, -0.05) is 6.42 Å². The summed E-state index contributed by atoms with van der Waals surface area (Å²) in [5.41, 5.74) is 5.90. The Hall–Kier alpha value is -4.95. The summed E-state index contributed by atoms with van der Waals surface area (Å²) >= 11 is 0. The molecular formula is C31H37F5N6O3. The molecule has 1 fully saturated rings. The highest BCUT2D eigenvalue weighted by atomic mass is 19.2. The number of aldehydes is 1. The smallest absolute Gasteiger partial charge is 0.222 e. The zero-order valence-electron chi connectivity index (χ0n) is 25.3. The molecule has 0 spiro atoms. The Morgan fingerprint density at radius 3 is 2.18 bits per heavy atom. The fourth-order valence-electron chi connectivity index (χ4n) is 3.81. The molecule has 1 saturated heterocycles. The number of furan rings is 1. The average molecular weight is 637 g/mol. The number of amides is 1. The number of carbonyl (C=O) groups is 2. The lowest BCUT2D eigenvalue weighted by molar-refractivity contribution is -0.132. The summed E-state index contributed by atoms with van der Waals surface area (Å²) in [7, 11) is 3.42. The number of terminal acetylenes is 1. The molecule has 3 aromatic rings. The van der Waals surface area contributed by atoms with E-state index in [1.54, 1.807) is 4.90 Å². The van der Waals surface area contributed by atoms with E-state index in [0.717, 1.165) is 60.8 Å². The molecule has 244 valence electrons. The Kier molecular flexibility index (Phi) is 20.1. The fourth-order valence-corrected chi connectivity index (χ4v) is 3.81. The van der Waals surface area contributed by atoms with Crippen LogP contribution in [-0.2, 0) is 16.0 Å². The molecule has 1 aliphatic rings. The lowest BCUT2D eigenvalue weighted by Gasteiger charge is -2.16. The van der Waals surface area contributed by atoms with Gasteiger partial charge in [-0.05, 0) is 64.0 Å². The average Bonchev–Trinajstić information content (AvgIpc) is 3.31. The van der Waals surface area contributed by atoms with Gasteiger partial charge in [-0.25, -0.2) is 22.0 Å².